The van der Waals surface area contributed by atoms with Gasteiger partial charge in [0.2, 0.25) is 5.95 Å². The molecule has 0 spiro atoms. The fourth-order valence-electron chi connectivity index (χ4n) is 2.52. The van der Waals surface area contributed by atoms with Crippen molar-refractivity contribution in [2.75, 3.05) is 5.32 Å². The smallest absolute Gasteiger partial charge is 0.290 e. The molecular weight excluding hydrogens is 326 g/mol. The number of carbonyl (C=O) groups is 2. The first-order chi connectivity index (χ1) is 11.6. The molecule has 1 saturated carbocycles. The predicted molar refractivity (Wildman–Crippen MR) is 96.3 cm³/mol. The molecular formula is C16H23N5O2S. The van der Waals surface area contributed by atoms with Gasteiger partial charge in [-0.2, -0.15) is 0 Å². The molecule has 0 atom stereocenters. The molecule has 130 valence electrons. The highest BCUT2D eigenvalue weighted by atomic mass is 32.2. The summed E-state index contributed by atoms with van der Waals surface area (Å²) in [5, 5.41) is 5.16. The van der Waals surface area contributed by atoms with Gasteiger partial charge in [0.25, 0.3) is 11.1 Å². The lowest BCUT2D eigenvalue weighted by molar-refractivity contribution is -0.115. The van der Waals surface area contributed by atoms with E-state index in [0.717, 1.165) is 37.4 Å². The minimum absolute atomic E-state index is 0.297. The van der Waals surface area contributed by atoms with Crippen LogP contribution in [-0.2, 0) is 4.79 Å². The molecule has 2 amide bonds. The van der Waals surface area contributed by atoms with Crippen molar-refractivity contribution in [3.8, 4) is 0 Å². The second-order valence-electron chi connectivity index (χ2n) is 5.41. The summed E-state index contributed by atoms with van der Waals surface area (Å²) < 4.78 is 0. The lowest BCUT2D eigenvalue weighted by Crippen LogP contribution is -2.33. The Bertz CT molecular complexity index is 627. The molecule has 0 bridgehead atoms. The number of anilines is 1. The Morgan fingerprint density at radius 1 is 1.29 bits per heavy atom. The number of amides is 2. The molecule has 0 unspecified atom stereocenters. The summed E-state index contributed by atoms with van der Waals surface area (Å²) in [5.74, 6) is 0.147. The molecule has 1 aromatic heterocycles. The minimum Gasteiger partial charge on any atom is -0.351 e. The van der Waals surface area contributed by atoms with Crippen molar-refractivity contribution in [1.82, 2.24) is 15.3 Å². The van der Waals surface area contributed by atoms with Crippen LogP contribution < -0.4 is 16.4 Å². The van der Waals surface area contributed by atoms with Gasteiger partial charge in [0.1, 0.15) is 0 Å². The Morgan fingerprint density at radius 3 is 2.62 bits per heavy atom. The van der Waals surface area contributed by atoms with Crippen LogP contribution in [0, 0.1) is 0 Å². The monoisotopic (exact) mass is 349 g/mol. The zero-order valence-electron chi connectivity index (χ0n) is 13.9. The summed E-state index contributed by atoms with van der Waals surface area (Å²) in [4.78, 5) is 31.6. The van der Waals surface area contributed by atoms with Crippen LogP contribution >= 0.6 is 11.8 Å². The van der Waals surface area contributed by atoms with Crippen molar-refractivity contribution in [2.45, 2.75) is 51.6 Å². The summed E-state index contributed by atoms with van der Waals surface area (Å²) in [6.07, 6.45) is 7.23. The topological polar surface area (TPSA) is 110 Å². The Kier molecular flexibility index (Phi) is 6.74. The van der Waals surface area contributed by atoms with E-state index in [0.29, 0.717) is 28.6 Å². The van der Waals surface area contributed by atoms with E-state index >= 15 is 0 Å². The number of nitrogens with zero attached hydrogens (tertiary/aromatic N) is 2. The van der Waals surface area contributed by atoms with Crippen molar-refractivity contribution in [3.05, 3.63) is 22.9 Å². The minimum atomic E-state index is -0.385. The summed E-state index contributed by atoms with van der Waals surface area (Å²) in [7, 11) is 0. The predicted octanol–water partition coefficient (Wildman–Crippen LogP) is 2.51. The number of thioether (sulfide) groups is 1. The van der Waals surface area contributed by atoms with Gasteiger partial charge in [-0.25, -0.2) is 9.97 Å². The van der Waals surface area contributed by atoms with E-state index in [4.69, 9.17) is 5.73 Å². The number of nitrogens with two attached hydrogens (primary N) is 1. The number of nitrogens with one attached hydrogen (secondary N) is 2. The number of hydrogen-bond donors (Lipinski definition) is 3. The Labute approximate surface area is 145 Å². The third-order valence-electron chi connectivity index (χ3n) is 3.70. The molecule has 1 aliphatic carbocycles. The molecule has 4 N–H and O–H groups in total. The fourth-order valence-corrected chi connectivity index (χ4v) is 3.19. The van der Waals surface area contributed by atoms with Crippen LogP contribution in [0.3, 0.4) is 0 Å². The molecule has 2 aliphatic rings. The number of rotatable bonds is 3. The van der Waals surface area contributed by atoms with E-state index in [1.54, 1.807) is 18.3 Å². The summed E-state index contributed by atoms with van der Waals surface area (Å²) in [5.41, 5.74) is 6.49. The zero-order valence-corrected chi connectivity index (χ0v) is 14.7. The highest BCUT2D eigenvalue weighted by Crippen LogP contribution is 2.25. The van der Waals surface area contributed by atoms with Gasteiger partial charge < -0.3 is 11.1 Å². The van der Waals surface area contributed by atoms with E-state index in [9.17, 15) is 9.59 Å². The van der Waals surface area contributed by atoms with E-state index < -0.39 is 0 Å². The van der Waals surface area contributed by atoms with Crippen LogP contribution in [0.1, 0.15) is 45.2 Å². The molecule has 0 aromatic carbocycles. The molecule has 8 heteroatoms. The SMILES string of the molecule is CC.NC1CCC(Nc2nccc(/C=C3\SC(=O)NC3=O)n2)CC1. The first-order valence-electron chi connectivity index (χ1n) is 8.20. The molecule has 7 nitrogen and oxygen atoms in total. The van der Waals surface area contributed by atoms with Crippen LogP contribution in [0.25, 0.3) is 6.08 Å². The van der Waals surface area contributed by atoms with Crippen molar-refractivity contribution >= 4 is 34.9 Å². The summed E-state index contributed by atoms with van der Waals surface area (Å²) in [6.45, 7) is 4.00. The third kappa shape index (κ3) is 5.04. The lowest BCUT2D eigenvalue weighted by atomic mass is 9.92. The molecule has 1 aromatic rings. The Morgan fingerprint density at radius 2 is 2.00 bits per heavy atom. The van der Waals surface area contributed by atoms with Crippen molar-refractivity contribution in [1.29, 1.82) is 0 Å². The van der Waals surface area contributed by atoms with Crippen LogP contribution in [0.15, 0.2) is 17.2 Å². The van der Waals surface area contributed by atoms with Crippen LogP contribution in [-0.4, -0.2) is 33.2 Å². The van der Waals surface area contributed by atoms with Gasteiger partial charge in [-0.3, -0.25) is 14.9 Å². The number of imide groups is 1. The Hall–Kier alpha value is -1.93. The van der Waals surface area contributed by atoms with Gasteiger partial charge in [-0.05, 0) is 49.6 Å². The summed E-state index contributed by atoms with van der Waals surface area (Å²) >= 11 is 0.877. The van der Waals surface area contributed by atoms with Crippen LogP contribution in [0.2, 0.25) is 0 Å². The normalized spacial score (nSPS) is 25.0. The van der Waals surface area contributed by atoms with Crippen LogP contribution in [0.5, 0.6) is 0 Å². The maximum atomic E-state index is 11.5. The largest absolute Gasteiger partial charge is 0.351 e. The quantitative estimate of drug-likeness (QED) is 0.719. The number of aromatic nitrogens is 2. The highest BCUT2D eigenvalue weighted by molar-refractivity contribution is 8.18. The second kappa shape index (κ2) is 8.79. The molecule has 1 saturated heterocycles. The molecule has 24 heavy (non-hydrogen) atoms. The van der Waals surface area contributed by atoms with Gasteiger partial charge in [0.15, 0.2) is 0 Å². The molecule has 0 radical (unpaired) electrons. The average Bonchev–Trinajstić information content (AvgIpc) is 2.89. The number of hydrogen-bond acceptors (Lipinski definition) is 7. The molecule has 3 rings (SSSR count). The first-order valence-corrected chi connectivity index (χ1v) is 9.02. The van der Waals surface area contributed by atoms with Gasteiger partial charge in [0.05, 0.1) is 10.6 Å². The van der Waals surface area contributed by atoms with Crippen molar-refractivity contribution in [2.24, 2.45) is 5.73 Å². The van der Waals surface area contributed by atoms with Gasteiger partial charge >= 0.3 is 0 Å². The highest BCUT2D eigenvalue weighted by Gasteiger charge is 2.25. The van der Waals surface area contributed by atoms with Crippen molar-refractivity contribution < 1.29 is 9.59 Å². The van der Waals surface area contributed by atoms with E-state index in [2.05, 4.69) is 20.6 Å². The third-order valence-corrected chi connectivity index (χ3v) is 4.51. The number of carbonyl (C=O) groups excluding carboxylic acids is 2. The van der Waals surface area contributed by atoms with E-state index in [1.165, 1.54) is 0 Å². The van der Waals surface area contributed by atoms with E-state index in [1.807, 2.05) is 13.8 Å². The maximum absolute atomic E-state index is 11.5. The van der Waals surface area contributed by atoms with Gasteiger partial charge in [0, 0.05) is 18.3 Å². The zero-order chi connectivity index (χ0) is 17.5. The molecule has 2 heterocycles. The maximum Gasteiger partial charge on any atom is 0.290 e. The second-order valence-corrected chi connectivity index (χ2v) is 6.43. The van der Waals surface area contributed by atoms with E-state index in [-0.39, 0.29) is 11.1 Å². The molecule has 2 fully saturated rings. The Balaban J connectivity index is 0.00000100. The molecule has 1 aliphatic heterocycles. The standard InChI is InChI=1S/C14H17N5O2S.C2H6/c15-8-1-3-9(4-2-8)17-13-16-6-5-10(18-13)7-11-12(20)19-14(21)22-11;1-2/h5-9H,1-4,15H2,(H,16,17,18)(H,19,20,21);1-2H3/b11-7-;. The van der Waals surface area contributed by atoms with Gasteiger partial charge in [-0.1, -0.05) is 13.8 Å². The van der Waals surface area contributed by atoms with Crippen LogP contribution in [0.4, 0.5) is 10.7 Å². The average molecular weight is 349 g/mol. The summed E-state index contributed by atoms with van der Waals surface area (Å²) in [6, 6.07) is 2.32. The lowest BCUT2D eigenvalue weighted by Gasteiger charge is -2.26. The van der Waals surface area contributed by atoms with Gasteiger partial charge in [-0.15, -0.1) is 0 Å². The van der Waals surface area contributed by atoms with Crippen molar-refractivity contribution in [3.63, 3.8) is 0 Å². The fraction of sp³-hybridized carbons (Fsp3) is 0.500. The first kappa shape index (κ1) is 18.4.